The van der Waals surface area contributed by atoms with Crippen molar-refractivity contribution < 1.29 is 0 Å². The zero-order chi connectivity index (χ0) is 17.3. The second kappa shape index (κ2) is 6.45. The first-order valence-corrected chi connectivity index (χ1v) is 8.60. The Balaban J connectivity index is 2.08. The molecule has 3 N–H and O–H groups in total. The number of nitrogens with zero attached hydrogens (tertiary/aromatic N) is 2. The molecule has 0 fully saturated rings. The van der Waals surface area contributed by atoms with Crippen LogP contribution in [0.4, 0.5) is 5.82 Å². The first-order valence-electron chi connectivity index (χ1n) is 7.73. The average Bonchev–Trinajstić information content (AvgIpc) is 3.04. The number of H-pyrrole nitrogens is 1. The van der Waals surface area contributed by atoms with E-state index in [0.717, 1.165) is 17.0 Å². The first kappa shape index (κ1) is 16.2. The highest BCUT2D eigenvalue weighted by Gasteiger charge is 2.16. The van der Waals surface area contributed by atoms with Crippen molar-refractivity contribution in [3.05, 3.63) is 56.0 Å². The van der Waals surface area contributed by atoms with E-state index < -0.39 is 11.2 Å². The van der Waals surface area contributed by atoms with Gasteiger partial charge in [-0.15, -0.1) is 11.3 Å². The highest BCUT2D eigenvalue weighted by molar-refractivity contribution is 7.13. The second-order valence-corrected chi connectivity index (χ2v) is 6.21. The number of aromatic nitrogens is 3. The predicted octanol–water partition coefficient (Wildman–Crippen LogP) is 2.49. The van der Waals surface area contributed by atoms with Crippen LogP contribution in [0.3, 0.4) is 0 Å². The molecule has 2 aromatic heterocycles. The Kier molecular flexibility index (Phi) is 4.35. The Hall–Kier alpha value is -2.67. The molecular formula is C17H18N4O2S. The fraction of sp³-hybridized carbons (Fsp3) is 0.235. The molecule has 3 rings (SSSR count). The summed E-state index contributed by atoms with van der Waals surface area (Å²) >= 11 is 1.44. The first-order chi connectivity index (χ1) is 11.5. The van der Waals surface area contributed by atoms with E-state index in [0.29, 0.717) is 12.2 Å². The number of aromatic amines is 1. The molecule has 6 nitrogen and oxygen atoms in total. The van der Waals surface area contributed by atoms with Gasteiger partial charge in [0.05, 0.1) is 5.69 Å². The van der Waals surface area contributed by atoms with Gasteiger partial charge >= 0.3 is 5.69 Å². The molecule has 24 heavy (non-hydrogen) atoms. The molecule has 0 saturated carbocycles. The number of rotatable bonds is 4. The Bertz CT molecular complexity index is 983. The van der Waals surface area contributed by atoms with E-state index in [9.17, 15) is 9.59 Å². The number of benzene rings is 1. The summed E-state index contributed by atoms with van der Waals surface area (Å²) in [5.74, 6) is 0.143. The molecule has 0 saturated heterocycles. The zero-order valence-corrected chi connectivity index (χ0v) is 14.3. The lowest BCUT2D eigenvalue weighted by atomic mass is 10.1. The van der Waals surface area contributed by atoms with Gasteiger partial charge in [0.2, 0.25) is 0 Å². The maximum absolute atomic E-state index is 12.2. The van der Waals surface area contributed by atoms with Gasteiger partial charge in [0.25, 0.3) is 5.56 Å². The van der Waals surface area contributed by atoms with Crippen molar-refractivity contribution in [3.63, 3.8) is 0 Å². The van der Waals surface area contributed by atoms with Crippen LogP contribution in [0.5, 0.6) is 0 Å². The number of nitrogens with two attached hydrogens (primary N) is 1. The van der Waals surface area contributed by atoms with Crippen molar-refractivity contribution >= 4 is 17.2 Å². The molecule has 1 aromatic carbocycles. The summed E-state index contributed by atoms with van der Waals surface area (Å²) in [5.41, 5.74) is 7.97. The number of thiazole rings is 1. The molecule has 124 valence electrons. The standard InChI is InChI=1S/C17H18N4O2S/c1-3-10-5-7-11(8-6-10)16-19-12(9-24-16)13-14(18)21(4-2)17(23)20-15(13)22/h5-9H,3-4,18H2,1-2H3,(H,20,22,23). The maximum atomic E-state index is 12.2. The second-order valence-electron chi connectivity index (χ2n) is 5.35. The van der Waals surface area contributed by atoms with Gasteiger partial charge in [0.1, 0.15) is 16.4 Å². The Morgan fingerprint density at radius 2 is 1.92 bits per heavy atom. The molecule has 3 aromatic rings. The number of anilines is 1. The summed E-state index contributed by atoms with van der Waals surface area (Å²) in [6.07, 6.45) is 0.980. The highest BCUT2D eigenvalue weighted by Crippen LogP contribution is 2.29. The molecule has 0 spiro atoms. The van der Waals surface area contributed by atoms with Crippen LogP contribution in [0.25, 0.3) is 21.8 Å². The summed E-state index contributed by atoms with van der Waals surface area (Å²) < 4.78 is 1.33. The molecule has 0 unspecified atom stereocenters. The van der Waals surface area contributed by atoms with Crippen LogP contribution in [-0.2, 0) is 13.0 Å². The van der Waals surface area contributed by atoms with Crippen LogP contribution in [0.1, 0.15) is 19.4 Å². The quantitative estimate of drug-likeness (QED) is 0.762. The van der Waals surface area contributed by atoms with E-state index in [1.807, 2.05) is 12.1 Å². The lowest BCUT2D eigenvalue weighted by Crippen LogP contribution is -2.32. The Morgan fingerprint density at radius 1 is 1.21 bits per heavy atom. The monoisotopic (exact) mass is 342 g/mol. The predicted molar refractivity (Wildman–Crippen MR) is 97.3 cm³/mol. The van der Waals surface area contributed by atoms with Gasteiger partial charge in [-0.05, 0) is 18.9 Å². The maximum Gasteiger partial charge on any atom is 0.329 e. The topological polar surface area (TPSA) is 93.8 Å². The van der Waals surface area contributed by atoms with Crippen molar-refractivity contribution in [2.24, 2.45) is 0 Å². The average molecular weight is 342 g/mol. The molecule has 0 radical (unpaired) electrons. The van der Waals surface area contributed by atoms with Gasteiger partial charge < -0.3 is 5.73 Å². The van der Waals surface area contributed by atoms with Crippen molar-refractivity contribution in [1.82, 2.24) is 14.5 Å². The zero-order valence-electron chi connectivity index (χ0n) is 13.5. The summed E-state index contributed by atoms with van der Waals surface area (Å²) in [6, 6.07) is 8.16. The number of hydrogen-bond donors (Lipinski definition) is 2. The molecule has 0 atom stereocenters. The van der Waals surface area contributed by atoms with Gasteiger partial charge in [-0.1, -0.05) is 31.2 Å². The fourth-order valence-corrected chi connectivity index (χ4v) is 3.37. The summed E-state index contributed by atoms with van der Waals surface area (Å²) in [7, 11) is 0. The van der Waals surface area contributed by atoms with Gasteiger partial charge in [-0.3, -0.25) is 14.3 Å². The van der Waals surface area contributed by atoms with Crippen molar-refractivity contribution in [2.45, 2.75) is 26.8 Å². The SMILES string of the molecule is CCc1ccc(-c2nc(-c3c(N)n(CC)c(=O)[nH]c3=O)cs2)cc1. The number of hydrogen-bond acceptors (Lipinski definition) is 5. The van der Waals surface area contributed by atoms with Gasteiger partial charge in [0, 0.05) is 17.5 Å². The van der Waals surface area contributed by atoms with Gasteiger partial charge in [0.15, 0.2) is 0 Å². The van der Waals surface area contributed by atoms with E-state index in [1.54, 1.807) is 12.3 Å². The third-order valence-corrected chi connectivity index (χ3v) is 4.82. The van der Waals surface area contributed by atoms with Crippen LogP contribution < -0.4 is 17.0 Å². The van der Waals surface area contributed by atoms with E-state index >= 15 is 0 Å². The van der Waals surface area contributed by atoms with Gasteiger partial charge in [-0.2, -0.15) is 0 Å². The third-order valence-electron chi connectivity index (χ3n) is 3.93. The number of nitrogen functional groups attached to an aromatic ring is 1. The minimum atomic E-state index is -0.514. The lowest BCUT2D eigenvalue weighted by Gasteiger charge is -2.08. The summed E-state index contributed by atoms with van der Waals surface area (Å²) in [5, 5.41) is 2.59. The Labute approximate surface area is 142 Å². The Morgan fingerprint density at radius 3 is 2.54 bits per heavy atom. The normalized spacial score (nSPS) is 10.9. The molecule has 0 aliphatic heterocycles. The number of aryl methyl sites for hydroxylation is 1. The van der Waals surface area contributed by atoms with Crippen LogP contribution in [0.15, 0.2) is 39.2 Å². The molecule has 7 heteroatoms. The molecule has 0 aliphatic carbocycles. The molecule has 2 heterocycles. The molecule has 0 bridgehead atoms. The van der Waals surface area contributed by atoms with E-state index in [1.165, 1.54) is 21.5 Å². The van der Waals surface area contributed by atoms with Crippen molar-refractivity contribution in [3.8, 4) is 21.8 Å². The number of nitrogens with one attached hydrogen (secondary N) is 1. The van der Waals surface area contributed by atoms with Crippen LogP contribution in [0.2, 0.25) is 0 Å². The van der Waals surface area contributed by atoms with Crippen molar-refractivity contribution in [1.29, 1.82) is 0 Å². The molecule has 0 aliphatic rings. The summed E-state index contributed by atoms with van der Waals surface area (Å²) in [6.45, 7) is 4.28. The fourth-order valence-electron chi connectivity index (χ4n) is 2.55. The van der Waals surface area contributed by atoms with E-state index in [-0.39, 0.29) is 11.4 Å². The smallest absolute Gasteiger partial charge is 0.329 e. The minimum absolute atomic E-state index is 0.143. The highest BCUT2D eigenvalue weighted by atomic mass is 32.1. The lowest BCUT2D eigenvalue weighted by molar-refractivity contribution is 0.706. The van der Waals surface area contributed by atoms with Gasteiger partial charge in [-0.25, -0.2) is 9.78 Å². The van der Waals surface area contributed by atoms with E-state index in [2.05, 4.69) is 29.0 Å². The van der Waals surface area contributed by atoms with Crippen LogP contribution in [0, 0.1) is 0 Å². The third kappa shape index (κ3) is 2.78. The van der Waals surface area contributed by atoms with E-state index in [4.69, 9.17) is 5.73 Å². The summed E-state index contributed by atoms with van der Waals surface area (Å²) in [4.78, 5) is 30.8. The molecular weight excluding hydrogens is 324 g/mol. The van der Waals surface area contributed by atoms with Crippen molar-refractivity contribution in [2.75, 3.05) is 5.73 Å². The van der Waals surface area contributed by atoms with Crippen LogP contribution >= 0.6 is 11.3 Å². The van der Waals surface area contributed by atoms with Crippen LogP contribution in [-0.4, -0.2) is 14.5 Å². The largest absolute Gasteiger partial charge is 0.384 e. The minimum Gasteiger partial charge on any atom is -0.384 e. The molecule has 0 amide bonds.